The molecule has 0 unspecified atom stereocenters. The Balaban J connectivity index is 2.12. The summed E-state index contributed by atoms with van der Waals surface area (Å²) in [4.78, 5) is 0.656. The van der Waals surface area contributed by atoms with E-state index in [-0.39, 0.29) is 4.90 Å². The molecule has 6 heteroatoms. The maximum Gasteiger partial charge on any atom is 0.175 e. The average molecular weight is 343 g/mol. The van der Waals surface area contributed by atoms with Crippen LogP contribution in [0.5, 0.6) is 11.5 Å². The van der Waals surface area contributed by atoms with Gasteiger partial charge in [0.1, 0.15) is 16.7 Å². The van der Waals surface area contributed by atoms with Gasteiger partial charge in [-0.2, -0.15) is 5.26 Å². The van der Waals surface area contributed by atoms with E-state index in [2.05, 4.69) is 6.07 Å². The van der Waals surface area contributed by atoms with E-state index in [0.29, 0.717) is 21.1 Å². The Morgan fingerprint density at radius 2 is 1.83 bits per heavy atom. The van der Waals surface area contributed by atoms with Gasteiger partial charge in [-0.05, 0) is 37.3 Å². The van der Waals surface area contributed by atoms with Gasteiger partial charge in [-0.15, -0.1) is 11.3 Å². The van der Waals surface area contributed by atoms with Gasteiger partial charge in [0.25, 0.3) is 0 Å². The largest absolute Gasteiger partial charge is 0.454 e. The van der Waals surface area contributed by atoms with E-state index in [1.165, 1.54) is 17.4 Å². The summed E-state index contributed by atoms with van der Waals surface area (Å²) in [6, 6.07) is 14.5. The van der Waals surface area contributed by atoms with Crippen LogP contribution in [0.1, 0.15) is 10.4 Å². The molecule has 23 heavy (non-hydrogen) atoms. The van der Waals surface area contributed by atoms with Gasteiger partial charge >= 0.3 is 0 Å². The summed E-state index contributed by atoms with van der Waals surface area (Å²) in [5.41, 5.74) is 1.12. The lowest BCUT2D eigenvalue weighted by atomic mass is 10.2. The van der Waals surface area contributed by atoms with Crippen molar-refractivity contribution >= 4 is 31.3 Å². The first-order valence-electron chi connectivity index (χ1n) is 6.80. The van der Waals surface area contributed by atoms with Crippen molar-refractivity contribution in [2.24, 2.45) is 0 Å². The van der Waals surface area contributed by atoms with Gasteiger partial charge in [0.2, 0.25) is 0 Å². The highest BCUT2D eigenvalue weighted by Gasteiger charge is 2.17. The maximum atomic E-state index is 11.7. The fraction of sp³-hybridized carbons (Fsp3) is 0.118. The zero-order valence-corrected chi connectivity index (χ0v) is 14.2. The molecule has 0 aliphatic rings. The fourth-order valence-corrected chi connectivity index (χ4v) is 3.87. The SMILES string of the molecule is Cc1ccc(Oc2c(C#N)sc3cc(S(C)(=O)=O)ccc23)cc1. The van der Waals surface area contributed by atoms with E-state index >= 15 is 0 Å². The molecule has 0 aliphatic carbocycles. The van der Waals surface area contributed by atoms with Gasteiger partial charge in [-0.1, -0.05) is 17.7 Å². The minimum Gasteiger partial charge on any atom is -0.454 e. The molecule has 3 aromatic rings. The van der Waals surface area contributed by atoms with Crippen LogP contribution in [0.3, 0.4) is 0 Å². The number of sulfone groups is 1. The second kappa shape index (κ2) is 5.69. The van der Waals surface area contributed by atoms with E-state index in [1.807, 2.05) is 31.2 Å². The third-order valence-corrected chi connectivity index (χ3v) is 5.54. The predicted molar refractivity (Wildman–Crippen MR) is 90.9 cm³/mol. The zero-order valence-electron chi connectivity index (χ0n) is 12.5. The highest BCUT2D eigenvalue weighted by atomic mass is 32.2. The number of hydrogen-bond acceptors (Lipinski definition) is 5. The third-order valence-electron chi connectivity index (χ3n) is 3.39. The van der Waals surface area contributed by atoms with Crippen LogP contribution < -0.4 is 4.74 Å². The summed E-state index contributed by atoms with van der Waals surface area (Å²) < 4.78 is 29.9. The van der Waals surface area contributed by atoms with Gasteiger partial charge in [0.15, 0.2) is 15.6 Å². The van der Waals surface area contributed by atoms with E-state index < -0.39 is 9.84 Å². The predicted octanol–water partition coefficient (Wildman–Crippen LogP) is 4.28. The van der Waals surface area contributed by atoms with Crippen LogP contribution >= 0.6 is 11.3 Å². The molecule has 0 atom stereocenters. The van der Waals surface area contributed by atoms with Crippen molar-refractivity contribution in [2.45, 2.75) is 11.8 Å². The van der Waals surface area contributed by atoms with Crippen molar-refractivity contribution in [2.75, 3.05) is 6.26 Å². The molecule has 0 aliphatic heterocycles. The van der Waals surface area contributed by atoms with Gasteiger partial charge < -0.3 is 4.74 Å². The second-order valence-electron chi connectivity index (χ2n) is 5.22. The summed E-state index contributed by atoms with van der Waals surface area (Å²) in [5, 5.41) is 10.1. The summed E-state index contributed by atoms with van der Waals surface area (Å²) >= 11 is 1.23. The topological polar surface area (TPSA) is 67.2 Å². The third kappa shape index (κ3) is 3.07. The second-order valence-corrected chi connectivity index (χ2v) is 8.29. The molecule has 0 fully saturated rings. The summed E-state index contributed by atoms with van der Waals surface area (Å²) in [7, 11) is -3.29. The van der Waals surface area contributed by atoms with Gasteiger partial charge in [0.05, 0.1) is 4.90 Å². The zero-order chi connectivity index (χ0) is 16.6. The Labute approximate surface area is 138 Å². The Morgan fingerprint density at radius 3 is 2.43 bits per heavy atom. The van der Waals surface area contributed by atoms with Gasteiger partial charge in [-0.25, -0.2) is 8.42 Å². The standard InChI is InChI=1S/C17H13NO3S2/c1-11-3-5-12(6-4-11)21-17-14-8-7-13(23(2,19)20)9-15(14)22-16(17)10-18/h3-9H,1-2H3. The number of rotatable bonds is 3. The molecular formula is C17H13NO3S2. The minimum atomic E-state index is -3.29. The summed E-state index contributed by atoms with van der Waals surface area (Å²) in [6.45, 7) is 1.98. The number of hydrogen-bond donors (Lipinski definition) is 0. The lowest BCUT2D eigenvalue weighted by molar-refractivity contribution is 0.488. The molecule has 0 spiro atoms. The Morgan fingerprint density at radius 1 is 1.13 bits per heavy atom. The van der Waals surface area contributed by atoms with E-state index in [4.69, 9.17) is 4.74 Å². The Hall–Kier alpha value is -2.36. The summed E-state index contributed by atoms with van der Waals surface area (Å²) in [5.74, 6) is 1.11. The smallest absolute Gasteiger partial charge is 0.175 e. The molecule has 0 N–H and O–H groups in total. The molecule has 0 amide bonds. The van der Waals surface area contributed by atoms with Gasteiger partial charge in [-0.3, -0.25) is 0 Å². The molecule has 116 valence electrons. The van der Waals surface area contributed by atoms with Crippen molar-refractivity contribution in [1.82, 2.24) is 0 Å². The van der Waals surface area contributed by atoms with Crippen LogP contribution in [0, 0.1) is 18.3 Å². The lowest BCUT2D eigenvalue weighted by Crippen LogP contribution is -1.95. The first-order valence-corrected chi connectivity index (χ1v) is 9.50. The Kier molecular flexibility index (Phi) is 3.84. The summed E-state index contributed by atoms with van der Waals surface area (Å²) in [6.07, 6.45) is 1.16. The molecule has 0 radical (unpaired) electrons. The minimum absolute atomic E-state index is 0.234. The highest BCUT2D eigenvalue weighted by molar-refractivity contribution is 7.90. The van der Waals surface area contributed by atoms with Crippen molar-refractivity contribution in [3.63, 3.8) is 0 Å². The molecule has 3 rings (SSSR count). The number of benzene rings is 2. The Bertz CT molecular complexity index is 1030. The molecule has 1 heterocycles. The lowest BCUT2D eigenvalue weighted by Gasteiger charge is -2.06. The monoisotopic (exact) mass is 343 g/mol. The van der Waals surface area contributed by atoms with E-state index in [1.54, 1.807) is 12.1 Å². The van der Waals surface area contributed by atoms with Crippen LogP contribution in [-0.2, 0) is 9.84 Å². The van der Waals surface area contributed by atoms with Crippen LogP contribution in [0.4, 0.5) is 0 Å². The molecule has 4 nitrogen and oxygen atoms in total. The van der Waals surface area contributed by atoms with Gasteiger partial charge in [0, 0.05) is 16.3 Å². The highest BCUT2D eigenvalue weighted by Crippen LogP contribution is 2.40. The van der Waals surface area contributed by atoms with Crippen LogP contribution in [0.2, 0.25) is 0 Å². The molecule has 0 saturated carbocycles. The molecule has 0 bridgehead atoms. The van der Waals surface area contributed by atoms with E-state index in [0.717, 1.165) is 17.2 Å². The first kappa shape index (κ1) is 15.5. The van der Waals surface area contributed by atoms with Crippen molar-refractivity contribution in [3.8, 4) is 17.6 Å². The van der Waals surface area contributed by atoms with Crippen molar-refractivity contribution < 1.29 is 13.2 Å². The maximum absolute atomic E-state index is 11.7. The number of nitrogens with zero attached hydrogens (tertiary/aromatic N) is 1. The van der Waals surface area contributed by atoms with E-state index in [9.17, 15) is 13.7 Å². The van der Waals surface area contributed by atoms with Crippen LogP contribution in [-0.4, -0.2) is 14.7 Å². The number of nitriles is 1. The number of aryl methyl sites for hydroxylation is 1. The number of ether oxygens (including phenoxy) is 1. The fourth-order valence-electron chi connectivity index (χ4n) is 2.18. The molecule has 1 aromatic heterocycles. The van der Waals surface area contributed by atoms with Crippen molar-refractivity contribution in [1.29, 1.82) is 5.26 Å². The number of thiophene rings is 1. The first-order chi connectivity index (χ1) is 10.9. The number of fused-ring (bicyclic) bond motifs is 1. The normalized spacial score (nSPS) is 11.3. The quantitative estimate of drug-likeness (QED) is 0.712. The van der Waals surface area contributed by atoms with Crippen molar-refractivity contribution in [3.05, 3.63) is 52.9 Å². The van der Waals surface area contributed by atoms with Crippen LogP contribution in [0.15, 0.2) is 47.4 Å². The molecular weight excluding hydrogens is 330 g/mol. The van der Waals surface area contributed by atoms with Crippen LogP contribution in [0.25, 0.3) is 10.1 Å². The molecule has 0 saturated heterocycles. The molecule has 2 aromatic carbocycles. The average Bonchev–Trinajstić information content (AvgIpc) is 2.86.